The van der Waals surface area contributed by atoms with E-state index in [-0.39, 0.29) is 0 Å². The molecule has 1 aromatic rings. The zero-order chi connectivity index (χ0) is 10.6. The van der Waals surface area contributed by atoms with E-state index in [9.17, 15) is 0 Å². The summed E-state index contributed by atoms with van der Waals surface area (Å²) in [5.41, 5.74) is 2.39. The topological polar surface area (TPSA) is 12.4 Å². The van der Waals surface area contributed by atoms with E-state index in [1.165, 1.54) is 5.56 Å². The van der Waals surface area contributed by atoms with Crippen LogP contribution >= 0.6 is 15.9 Å². The summed E-state index contributed by atoms with van der Waals surface area (Å²) in [5, 5.41) is 0. The largest absolute Gasteiger partial charge is 0.261 e. The third-order valence-electron chi connectivity index (χ3n) is 2.40. The Kier molecular flexibility index (Phi) is 4.33. The van der Waals surface area contributed by atoms with Crippen LogP contribution in [0.2, 0.25) is 0 Å². The van der Waals surface area contributed by atoms with Gasteiger partial charge in [0, 0.05) is 10.7 Å². The van der Waals surface area contributed by atoms with Gasteiger partial charge in [-0.25, -0.2) is 0 Å². The van der Waals surface area contributed by atoms with Gasteiger partial charge in [-0.1, -0.05) is 35.8 Å². The summed E-state index contributed by atoms with van der Waals surface area (Å²) < 4.78 is 1.16. The van der Waals surface area contributed by atoms with Crippen molar-refractivity contribution in [2.75, 3.05) is 0 Å². The van der Waals surface area contributed by atoms with E-state index < -0.39 is 0 Å². The van der Waals surface area contributed by atoms with Gasteiger partial charge in [0.2, 0.25) is 0 Å². The Morgan fingerprint density at radius 1 is 1.50 bits per heavy atom. The predicted molar refractivity (Wildman–Crippen MR) is 66.7 cm³/mol. The molecule has 0 aliphatic heterocycles. The van der Waals surface area contributed by atoms with Gasteiger partial charge in [-0.3, -0.25) is 4.99 Å². The van der Waals surface area contributed by atoms with Crippen LogP contribution < -0.4 is 0 Å². The molecule has 0 amide bonds. The summed E-state index contributed by atoms with van der Waals surface area (Å²) in [6, 6.07) is 6.17. The quantitative estimate of drug-likeness (QED) is 0.694. The molecule has 0 saturated carbocycles. The predicted octanol–water partition coefficient (Wildman–Crippen LogP) is 4.68. The first-order valence-corrected chi connectivity index (χ1v) is 5.77. The summed E-state index contributed by atoms with van der Waals surface area (Å²) in [5.74, 6) is 0.546. The number of rotatable bonds is 3. The molecular weight excluding hydrogens is 238 g/mol. The van der Waals surface area contributed by atoms with Gasteiger partial charge < -0.3 is 0 Å². The minimum atomic E-state index is 0.546. The summed E-state index contributed by atoms with van der Waals surface area (Å²) in [7, 11) is 0. The minimum absolute atomic E-state index is 0.546. The number of hydrogen-bond donors (Lipinski definition) is 0. The molecule has 0 radical (unpaired) electrons. The molecule has 0 aliphatic rings. The van der Waals surface area contributed by atoms with Gasteiger partial charge >= 0.3 is 0 Å². The number of hydrogen-bond acceptors (Lipinski definition) is 1. The SMILES string of the molecule is CC=Nc1cccc(Br)c1C(C)CC. The van der Waals surface area contributed by atoms with Crippen LogP contribution in [0.3, 0.4) is 0 Å². The van der Waals surface area contributed by atoms with Crippen LogP contribution in [0.5, 0.6) is 0 Å². The smallest absolute Gasteiger partial charge is 0.0671 e. The molecule has 0 aliphatic carbocycles. The van der Waals surface area contributed by atoms with E-state index in [0.717, 1.165) is 16.6 Å². The highest BCUT2D eigenvalue weighted by molar-refractivity contribution is 9.10. The summed E-state index contributed by atoms with van der Waals surface area (Å²) in [6.45, 7) is 6.37. The third kappa shape index (κ3) is 2.44. The van der Waals surface area contributed by atoms with Crippen LogP contribution in [0, 0.1) is 0 Å². The first-order valence-electron chi connectivity index (χ1n) is 4.97. The minimum Gasteiger partial charge on any atom is -0.261 e. The lowest BCUT2D eigenvalue weighted by Crippen LogP contribution is -1.93. The number of nitrogens with zero attached hydrogens (tertiary/aromatic N) is 1. The summed E-state index contributed by atoms with van der Waals surface area (Å²) >= 11 is 3.58. The number of halogens is 1. The van der Waals surface area contributed by atoms with Crippen molar-refractivity contribution in [3.05, 3.63) is 28.2 Å². The highest BCUT2D eigenvalue weighted by atomic mass is 79.9. The van der Waals surface area contributed by atoms with Crippen LogP contribution in [-0.4, -0.2) is 6.21 Å². The molecule has 0 spiro atoms. The Bertz CT molecular complexity index is 331. The fourth-order valence-corrected chi connectivity index (χ4v) is 2.22. The lowest BCUT2D eigenvalue weighted by Gasteiger charge is -2.13. The van der Waals surface area contributed by atoms with Crippen molar-refractivity contribution in [1.29, 1.82) is 0 Å². The van der Waals surface area contributed by atoms with Gasteiger partial charge in [-0.15, -0.1) is 0 Å². The molecular formula is C12H16BrN. The van der Waals surface area contributed by atoms with E-state index in [0.29, 0.717) is 5.92 Å². The molecule has 0 bridgehead atoms. The van der Waals surface area contributed by atoms with Gasteiger partial charge in [0.1, 0.15) is 0 Å². The monoisotopic (exact) mass is 253 g/mol. The molecule has 1 atom stereocenters. The highest BCUT2D eigenvalue weighted by Gasteiger charge is 2.11. The molecule has 1 aromatic carbocycles. The van der Waals surface area contributed by atoms with Crippen molar-refractivity contribution in [3.63, 3.8) is 0 Å². The van der Waals surface area contributed by atoms with Crippen molar-refractivity contribution in [3.8, 4) is 0 Å². The van der Waals surface area contributed by atoms with E-state index in [4.69, 9.17) is 0 Å². The fraction of sp³-hybridized carbons (Fsp3) is 0.417. The lowest BCUT2D eigenvalue weighted by molar-refractivity contribution is 0.731. The van der Waals surface area contributed by atoms with Crippen molar-refractivity contribution in [1.82, 2.24) is 0 Å². The summed E-state index contributed by atoms with van der Waals surface area (Å²) in [6.07, 6.45) is 2.97. The molecule has 0 fully saturated rings. The van der Waals surface area contributed by atoms with Gasteiger partial charge in [0.05, 0.1) is 5.69 Å². The van der Waals surface area contributed by atoms with Crippen LogP contribution in [-0.2, 0) is 0 Å². The lowest BCUT2D eigenvalue weighted by atomic mass is 9.97. The Morgan fingerprint density at radius 3 is 2.79 bits per heavy atom. The van der Waals surface area contributed by atoms with E-state index in [1.807, 2.05) is 19.2 Å². The van der Waals surface area contributed by atoms with E-state index >= 15 is 0 Å². The maximum atomic E-state index is 4.38. The Morgan fingerprint density at radius 2 is 2.21 bits per heavy atom. The second kappa shape index (κ2) is 5.30. The van der Waals surface area contributed by atoms with Crippen LogP contribution in [0.1, 0.15) is 38.7 Å². The van der Waals surface area contributed by atoms with Crippen molar-refractivity contribution in [2.45, 2.75) is 33.1 Å². The highest BCUT2D eigenvalue weighted by Crippen LogP contribution is 2.34. The molecule has 0 heterocycles. The molecule has 2 heteroatoms. The maximum Gasteiger partial charge on any atom is 0.0671 e. The van der Waals surface area contributed by atoms with Crippen LogP contribution in [0.4, 0.5) is 5.69 Å². The van der Waals surface area contributed by atoms with Gasteiger partial charge in [0.15, 0.2) is 0 Å². The van der Waals surface area contributed by atoms with Gasteiger partial charge in [-0.2, -0.15) is 0 Å². The second-order valence-corrected chi connectivity index (χ2v) is 4.22. The standard InChI is InChI=1S/C12H16BrN/c1-4-9(3)12-10(13)7-6-8-11(12)14-5-2/h5-9H,4H2,1-3H3. The number of aliphatic imine (C=N–C) groups is 1. The molecule has 0 aromatic heterocycles. The molecule has 0 N–H and O–H groups in total. The molecule has 76 valence electrons. The molecule has 14 heavy (non-hydrogen) atoms. The zero-order valence-electron chi connectivity index (χ0n) is 8.92. The molecule has 0 saturated heterocycles. The molecule has 1 rings (SSSR count). The van der Waals surface area contributed by atoms with Crippen LogP contribution in [0.15, 0.2) is 27.7 Å². The fourth-order valence-electron chi connectivity index (χ4n) is 1.47. The molecule has 1 nitrogen and oxygen atoms in total. The average molecular weight is 254 g/mol. The van der Waals surface area contributed by atoms with E-state index in [1.54, 1.807) is 0 Å². The van der Waals surface area contributed by atoms with E-state index in [2.05, 4.69) is 46.9 Å². The van der Waals surface area contributed by atoms with Gasteiger partial charge in [0.25, 0.3) is 0 Å². The van der Waals surface area contributed by atoms with Crippen LogP contribution in [0.25, 0.3) is 0 Å². The zero-order valence-corrected chi connectivity index (χ0v) is 10.5. The third-order valence-corrected chi connectivity index (χ3v) is 3.09. The summed E-state index contributed by atoms with van der Waals surface area (Å²) in [4.78, 5) is 4.38. The molecule has 1 unspecified atom stereocenters. The van der Waals surface area contributed by atoms with Crippen molar-refractivity contribution in [2.24, 2.45) is 4.99 Å². The van der Waals surface area contributed by atoms with Crippen molar-refractivity contribution >= 4 is 27.8 Å². The first kappa shape index (κ1) is 11.4. The average Bonchev–Trinajstić information content (AvgIpc) is 2.18. The first-order chi connectivity index (χ1) is 6.70. The maximum absolute atomic E-state index is 4.38. The Labute approximate surface area is 94.4 Å². The normalized spacial score (nSPS) is 13.4. The second-order valence-electron chi connectivity index (χ2n) is 3.37. The van der Waals surface area contributed by atoms with Crippen molar-refractivity contribution < 1.29 is 0 Å². The Balaban J connectivity index is 3.21. The Hall–Kier alpha value is -0.630. The van der Waals surface area contributed by atoms with Gasteiger partial charge in [-0.05, 0) is 37.0 Å². The number of benzene rings is 1.